The van der Waals surface area contributed by atoms with Crippen LogP contribution >= 0.6 is 0 Å². The smallest absolute Gasteiger partial charge is 0.126 e. The van der Waals surface area contributed by atoms with E-state index in [9.17, 15) is 8.78 Å². The molecule has 106 valence electrons. The highest BCUT2D eigenvalue weighted by molar-refractivity contribution is 5.37. The molecular weight excluding hydrogens is 260 g/mol. The average Bonchev–Trinajstić information content (AvgIpc) is 2.37. The van der Waals surface area contributed by atoms with Crippen molar-refractivity contribution in [2.24, 2.45) is 5.73 Å². The van der Waals surface area contributed by atoms with Crippen LogP contribution in [0.1, 0.15) is 22.7 Å². The summed E-state index contributed by atoms with van der Waals surface area (Å²) < 4.78 is 31.5. The second-order valence-electron chi connectivity index (χ2n) is 4.82. The Morgan fingerprint density at radius 1 is 1.10 bits per heavy atom. The largest absolute Gasteiger partial charge is 0.496 e. The molecular formula is C16H17F2NO. The standard InChI is InChI=1S/C16H17F2NO/c1-10-5-12(3-4-16(10)20-2)15(19)8-11-6-13(17)9-14(18)7-11/h3-7,9,15H,8,19H2,1-2H3. The summed E-state index contributed by atoms with van der Waals surface area (Å²) in [5, 5.41) is 0. The molecule has 0 aliphatic rings. The minimum atomic E-state index is -0.585. The fraction of sp³-hybridized carbons (Fsp3) is 0.250. The second-order valence-corrected chi connectivity index (χ2v) is 4.82. The molecule has 2 rings (SSSR count). The van der Waals surface area contributed by atoms with Crippen LogP contribution in [0.15, 0.2) is 36.4 Å². The monoisotopic (exact) mass is 277 g/mol. The van der Waals surface area contributed by atoms with Crippen LogP contribution in [0, 0.1) is 18.6 Å². The number of benzene rings is 2. The van der Waals surface area contributed by atoms with Crippen molar-refractivity contribution in [3.05, 3.63) is 64.7 Å². The molecule has 0 aliphatic carbocycles. The van der Waals surface area contributed by atoms with Crippen molar-refractivity contribution < 1.29 is 13.5 Å². The van der Waals surface area contributed by atoms with Crippen molar-refractivity contribution >= 4 is 0 Å². The predicted molar refractivity (Wildman–Crippen MR) is 74.7 cm³/mol. The first-order valence-electron chi connectivity index (χ1n) is 6.34. The van der Waals surface area contributed by atoms with Gasteiger partial charge in [0.15, 0.2) is 0 Å². The van der Waals surface area contributed by atoms with Gasteiger partial charge < -0.3 is 10.5 Å². The van der Waals surface area contributed by atoms with Gasteiger partial charge in [-0.1, -0.05) is 12.1 Å². The summed E-state index contributed by atoms with van der Waals surface area (Å²) >= 11 is 0. The first-order chi connectivity index (χ1) is 9.49. The van der Waals surface area contributed by atoms with Crippen LogP contribution in [-0.2, 0) is 6.42 Å². The molecule has 2 nitrogen and oxygen atoms in total. The van der Waals surface area contributed by atoms with E-state index in [0.29, 0.717) is 12.0 Å². The van der Waals surface area contributed by atoms with Crippen LogP contribution in [-0.4, -0.2) is 7.11 Å². The van der Waals surface area contributed by atoms with Gasteiger partial charge in [-0.25, -0.2) is 8.78 Å². The van der Waals surface area contributed by atoms with E-state index in [1.807, 2.05) is 25.1 Å². The number of hydrogen-bond donors (Lipinski definition) is 1. The lowest BCUT2D eigenvalue weighted by Gasteiger charge is -2.14. The normalized spacial score (nSPS) is 12.2. The van der Waals surface area contributed by atoms with Gasteiger partial charge in [-0.05, 0) is 48.2 Å². The summed E-state index contributed by atoms with van der Waals surface area (Å²) in [4.78, 5) is 0. The van der Waals surface area contributed by atoms with Crippen LogP contribution in [0.3, 0.4) is 0 Å². The summed E-state index contributed by atoms with van der Waals surface area (Å²) in [6.45, 7) is 1.93. The van der Waals surface area contributed by atoms with Crippen molar-refractivity contribution in [3.8, 4) is 5.75 Å². The Balaban J connectivity index is 2.19. The van der Waals surface area contributed by atoms with Gasteiger partial charge >= 0.3 is 0 Å². The van der Waals surface area contributed by atoms with Gasteiger partial charge in [0.1, 0.15) is 17.4 Å². The lowest BCUT2D eigenvalue weighted by atomic mass is 9.98. The van der Waals surface area contributed by atoms with Crippen LogP contribution < -0.4 is 10.5 Å². The van der Waals surface area contributed by atoms with E-state index in [2.05, 4.69) is 0 Å². The van der Waals surface area contributed by atoms with Crippen LogP contribution in [0.5, 0.6) is 5.75 Å². The molecule has 0 saturated heterocycles. The zero-order valence-electron chi connectivity index (χ0n) is 11.5. The van der Waals surface area contributed by atoms with Gasteiger partial charge in [-0.3, -0.25) is 0 Å². The molecule has 0 spiro atoms. The number of nitrogens with two attached hydrogens (primary N) is 1. The molecule has 0 aromatic heterocycles. The van der Waals surface area contributed by atoms with Crippen molar-refractivity contribution in [1.29, 1.82) is 0 Å². The summed E-state index contributed by atoms with van der Waals surface area (Å²) in [5.74, 6) is -0.381. The van der Waals surface area contributed by atoms with Gasteiger partial charge in [-0.15, -0.1) is 0 Å². The Labute approximate surface area is 117 Å². The molecule has 0 heterocycles. The van der Waals surface area contributed by atoms with Crippen molar-refractivity contribution in [2.75, 3.05) is 7.11 Å². The molecule has 0 aliphatic heterocycles. The summed E-state index contributed by atoms with van der Waals surface area (Å²) in [5.41, 5.74) is 8.53. The number of halogens is 2. The molecule has 2 N–H and O–H groups in total. The molecule has 1 atom stereocenters. The van der Waals surface area contributed by atoms with Gasteiger partial charge in [0.25, 0.3) is 0 Å². The van der Waals surface area contributed by atoms with Crippen molar-refractivity contribution in [1.82, 2.24) is 0 Å². The van der Waals surface area contributed by atoms with E-state index in [0.717, 1.165) is 22.9 Å². The van der Waals surface area contributed by atoms with Gasteiger partial charge in [0, 0.05) is 12.1 Å². The van der Waals surface area contributed by atoms with Crippen molar-refractivity contribution in [3.63, 3.8) is 0 Å². The molecule has 2 aromatic rings. The number of methoxy groups -OCH3 is 1. The zero-order chi connectivity index (χ0) is 14.7. The highest BCUT2D eigenvalue weighted by Gasteiger charge is 2.10. The summed E-state index contributed by atoms with van der Waals surface area (Å²) in [7, 11) is 1.61. The van der Waals surface area contributed by atoms with Crippen LogP contribution in [0.2, 0.25) is 0 Å². The SMILES string of the molecule is COc1ccc(C(N)Cc2cc(F)cc(F)c2)cc1C. The van der Waals surface area contributed by atoms with E-state index in [1.54, 1.807) is 7.11 Å². The lowest BCUT2D eigenvalue weighted by molar-refractivity contribution is 0.411. The van der Waals surface area contributed by atoms with E-state index >= 15 is 0 Å². The highest BCUT2D eigenvalue weighted by atomic mass is 19.1. The number of ether oxygens (including phenoxy) is 1. The van der Waals surface area contributed by atoms with Crippen LogP contribution in [0.25, 0.3) is 0 Å². The minimum absolute atomic E-state index is 0.319. The molecule has 0 amide bonds. The third-order valence-electron chi connectivity index (χ3n) is 3.23. The lowest BCUT2D eigenvalue weighted by Crippen LogP contribution is -2.14. The Bertz CT molecular complexity index is 593. The Hall–Kier alpha value is -1.94. The van der Waals surface area contributed by atoms with Gasteiger partial charge in [-0.2, -0.15) is 0 Å². The highest BCUT2D eigenvalue weighted by Crippen LogP contribution is 2.24. The second kappa shape index (κ2) is 6.01. The zero-order valence-corrected chi connectivity index (χ0v) is 11.5. The maximum Gasteiger partial charge on any atom is 0.126 e. The average molecular weight is 277 g/mol. The van der Waals surface area contributed by atoms with E-state index in [-0.39, 0.29) is 6.04 Å². The predicted octanol–water partition coefficient (Wildman–Crippen LogP) is 3.52. The number of hydrogen-bond acceptors (Lipinski definition) is 2. The van der Waals surface area contributed by atoms with Gasteiger partial charge in [0.2, 0.25) is 0 Å². The molecule has 1 unspecified atom stereocenters. The Kier molecular flexibility index (Phi) is 4.35. The minimum Gasteiger partial charge on any atom is -0.496 e. The van der Waals surface area contributed by atoms with Crippen molar-refractivity contribution in [2.45, 2.75) is 19.4 Å². The van der Waals surface area contributed by atoms with Crippen LogP contribution in [0.4, 0.5) is 8.78 Å². The van der Waals surface area contributed by atoms with Gasteiger partial charge in [0.05, 0.1) is 7.11 Å². The molecule has 2 aromatic carbocycles. The van der Waals surface area contributed by atoms with E-state index in [4.69, 9.17) is 10.5 Å². The first kappa shape index (κ1) is 14.5. The fourth-order valence-electron chi connectivity index (χ4n) is 2.23. The Morgan fingerprint density at radius 3 is 2.30 bits per heavy atom. The molecule has 20 heavy (non-hydrogen) atoms. The summed E-state index contributed by atoms with van der Waals surface area (Å²) in [6, 6.07) is 8.79. The molecule has 0 saturated carbocycles. The third kappa shape index (κ3) is 3.33. The quantitative estimate of drug-likeness (QED) is 0.928. The molecule has 4 heteroatoms. The molecule has 0 bridgehead atoms. The Morgan fingerprint density at radius 2 is 1.75 bits per heavy atom. The topological polar surface area (TPSA) is 35.2 Å². The van der Waals surface area contributed by atoms with E-state index in [1.165, 1.54) is 12.1 Å². The fourth-order valence-corrected chi connectivity index (χ4v) is 2.23. The maximum absolute atomic E-state index is 13.1. The molecule has 0 radical (unpaired) electrons. The van der Waals surface area contributed by atoms with E-state index < -0.39 is 11.6 Å². The number of rotatable bonds is 4. The third-order valence-corrected chi connectivity index (χ3v) is 3.23. The first-order valence-corrected chi connectivity index (χ1v) is 6.34. The summed E-state index contributed by atoms with van der Waals surface area (Å²) in [6.07, 6.45) is 0.375. The maximum atomic E-state index is 13.1. The molecule has 0 fully saturated rings. The number of aryl methyl sites for hydroxylation is 1.